The number of ether oxygens (including phenoxy) is 2. The third kappa shape index (κ3) is 2.93. The monoisotopic (exact) mass is 451 g/mol. The van der Waals surface area contributed by atoms with Gasteiger partial charge in [-0.25, -0.2) is 8.42 Å². The summed E-state index contributed by atoms with van der Waals surface area (Å²) in [6.07, 6.45) is 4.95. The van der Waals surface area contributed by atoms with Crippen LogP contribution in [0.2, 0.25) is 0 Å². The second kappa shape index (κ2) is 6.83. The molecule has 0 amide bonds. The first-order valence-electron chi connectivity index (χ1n) is 11.0. The summed E-state index contributed by atoms with van der Waals surface area (Å²) in [5.74, 6) is 0.507. The first kappa shape index (κ1) is 22.4. The molecule has 0 spiro atoms. The minimum absolute atomic E-state index is 0.0727. The van der Waals surface area contributed by atoms with E-state index in [4.69, 9.17) is 9.47 Å². The summed E-state index contributed by atoms with van der Waals surface area (Å²) in [6, 6.07) is 1.49. The molecular weight excluding hydrogens is 418 g/mol. The summed E-state index contributed by atoms with van der Waals surface area (Å²) >= 11 is 0. The average molecular weight is 452 g/mol. The molecule has 4 rings (SSSR count). The van der Waals surface area contributed by atoms with Gasteiger partial charge in [0.05, 0.1) is 24.9 Å². The number of nitro benzene ring substituents is 1. The summed E-state index contributed by atoms with van der Waals surface area (Å²) in [5, 5.41) is 12.0. The SMILES string of the molecule is COc1cc(OC)c2c(c1[N+](=O)[O-])S(=O)(=O)CC1C3(C)CCCC(C)(C)C3CC[C@@]21C. The lowest BCUT2D eigenvalue weighted by Gasteiger charge is -2.63. The predicted molar refractivity (Wildman–Crippen MR) is 118 cm³/mol. The number of fused-ring (bicyclic) bond motifs is 5. The zero-order chi connectivity index (χ0) is 23.0. The van der Waals surface area contributed by atoms with E-state index in [1.54, 1.807) is 0 Å². The van der Waals surface area contributed by atoms with Crippen LogP contribution in [0.15, 0.2) is 11.0 Å². The Morgan fingerprint density at radius 1 is 1.03 bits per heavy atom. The molecule has 3 aliphatic rings. The van der Waals surface area contributed by atoms with Gasteiger partial charge in [-0.3, -0.25) is 10.1 Å². The van der Waals surface area contributed by atoms with Gasteiger partial charge in [0.15, 0.2) is 14.7 Å². The molecule has 172 valence electrons. The van der Waals surface area contributed by atoms with E-state index in [1.807, 2.05) is 0 Å². The van der Waals surface area contributed by atoms with Gasteiger partial charge in [0.1, 0.15) is 5.75 Å². The molecule has 1 aromatic carbocycles. The lowest BCUT2D eigenvalue weighted by Crippen LogP contribution is -2.60. The third-order valence-electron chi connectivity index (χ3n) is 8.87. The minimum atomic E-state index is -3.92. The Hall–Kier alpha value is -1.83. The maximum atomic E-state index is 13.7. The highest BCUT2D eigenvalue weighted by Gasteiger charge is 2.63. The summed E-state index contributed by atoms with van der Waals surface area (Å²) in [4.78, 5) is 11.2. The number of nitro groups is 1. The van der Waals surface area contributed by atoms with Crippen molar-refractivity contribution in [3.63, 3.8) is 0 Å². The molecule has 7 nitrogen and oxygen atoms in total. The van der Waals surface area contributed by atoms with Gasteiger partial charge >= 0.3 is 5.69 Å². The first-order chi connectivity index (χ1) is 14.3. The maximum absolute atomic E-state index is 13.7. The second-order valence-electron chi connectivity index (χ2n) is 10.8. The van der Waals surface area contributed by atoms with E-state index < -0.39 is 25.9 Å². The quantitative estimate of drug-likeness (QED) is 0.479. The summed E-state index contributed by atoms with van der Waals surface area (Å²) < 4.78 is 38.3. The Kier molecular flexibility index (Phi) is 4.93. The highest BCUT2D eigenvalue weighted by Crippen LogP contribution is 2.68. The van der Waals surface area contributed by atoms with Gasteiger partial charge in [-0.1, -0.05) is 34.1 Å². The molecule has 8 heteroatoms. The number of hydrogen-bond donors (Lipinski definition) is 0. The van der Waals surface area contributed by atoms with Crippen molar-refractivity contribution in [3.8, 4) is 11.5 Å². The Morgan fingerprint density at radius 3 is 2.26 bits per heavy atom. The molecule has 3 unspecified atom stereocenters. The smallest absolute Gasteiger partial charge is 0.330 e. The topological polar surface area (TPSA) is 95.7 Å². The molecule has 1 aromatic rings. The number of sulfone groups is 1. The molecule has 2 fully saturated rings. The normalized spacial score (nSPS) is 35.3. The van der Waals surface area contributed by atoms with Gasteiger partial charge in [0.2, 0.25) is 5.75 Å². The number of rotatable bonds is 3. The van der Waals surface area contributed by atoms with E-state index in [0.29, 0.717) is 17.2 Å². The largest absolute Gasteiger partial charge is 0.496 e. The molecule has 2 saturated carbocycles. The summed E-state index contributed by atoms with van der Waals surface area (Å²) in [5.41, 5.74) is -0.522. The molecule has 1 heterocycles. The van der Waals surface area contributed by atoms with E-state index in [2.05, 4.69) is 27.7 Å². The number of hydrogen-bond acceptors (Lipinski definition) is 6. The molecule has 0 aromatic heterocycles. The van der Waals surface area contributed by atoms with Crippen LogP contribution in [-0.4, -0.2) is 33.3 Å². The van der Waals surface area contributed by atoms with E-state index >= 15 is 0 Å². The van der Waals surface area contributed by atoms with Crippen molar-refractivity contribution in [3.05, 3.63) is 21.7 Å². The average Bonchev–Trinajstić information content (AvgIpc) is 2.67. The van der Waals surface area contributed by atoms with Gasteiger partial charge in [0.25, 0.3) is 0 Å². The molecule has 4 atom stereocenters. The van der Waals surface area contributed by atoms with Crippen molar-refractivity contribution in [2.24, 2.45) is 22.7 Å². The van der Waals surface area contributed by atoms with E-state index in [1.165, 1.54) is 20.3 Å². The van der Waals surface area contributed by atoms with Crippen molar-refractivity contribution in [1.82, 2.24) is 0 Å². The second-order valence-corrected chi connectivity index (χ2v) is 12.8. The zero-order valence-corrected chi connectivity index (χ0v) is 20.1. The molecule has 0 saturated heterocycles. The highest BCUT2D eigenvalue weighted by atomic mass is 32.2. The van der Waals surface area contributed by atoms with Gasteiger partial charge in [0, 0.05) is 17.0 Å². The van der Waals surface area contributed by atoms with Gasteiger partial charge in [-0.05, 0) is 48.3 Å². The fourth-order valence-corrected chi connectivity index (χ4v) is 10.0. The van der Waals surface area contributed by atoms with Crippen LogP contribution < -0.4 is 9.47 Å². The van der Waals surface area contributed by atoms with Crippen LogP contribution in [0.3, 0.4) is 0 Å². The highest BCUT2D eigenvalue weighted by molar-refractivity contribution is 7.91. The molecule has 1 aliphatic heterocycles. The molecular formula is C23H33NO6S. The Balaban J connectivity index is 2.04. The lowest BCUT2D eigenvalue weighted by molar-refractivity contribution is -0.389. The molecule has 0 N–H and O–H groups in total. The summed E-state index contributed by atoms with van der Waals surface area (Å²) in [6.45, 7) is 8.96. The predicted octanol–water partition coefficient (Wildman–Crippen LogP) is 4.90. The van der Waals surface area contributed by atoms with Crippen LogP contribution in [0.1, 0.15) is 65.4 Å². The van der Waals surface area contributed by atoms with Crippen molar-refractivity contribution < 1.29 is 22.8 Å². The van der Waals surface area contributed by atoms with Gasteiger partial charge < -0.3 is 9.47 Å². The Labute approximate surface area is 184 Å². The number of benzene rings is 1. The van der Waals surface area contributed by atoms with Crippen LogP contribution >= 0.6 is 0 Å². The standard InChI is InChI=1S/C23H33NO6S/c1-21(2)9-7-10-22(3)16(21)8-11-23(4)17(22)13-31(27,28)20-18(23)14(29-5)12-15(30-6)19(20)24(25)26/h12,16-17H,7-11,13H2,1-6H3/t16?,17?,22?,23-/m1/s1. The number of nitrogens with zero attached hydrogens (tertiary/aromatic N) is 1. The van der Waals surface area contributed by atoms with Crippen LogP contribution in [0, 0.1) is 32.8 Å². The van der Waals surface area contributed by atoms with Crippen LogP contribution in [0.5, 0.6) is 11.5 Å². The van der Waals surface area contributed by atoms with Crippen LogP contribution in [0.4, 0.5) is 5.69 Å². The Morgan fingerprint density at radius 2 is 1.68 bits per heavy atom. The lowest BCUT2D eigenvalue weighted by atomic mass is 9.43. The van der Waals surface area contributed by atoms with E-state index in [-0.39, 0.29) is 33.1 Å². The fourth-order valence-electron chi connectivity index (χ4n) is 7.56. The molecule has 2 aliphatic carbocycles. The first-order valence-corrected chi connectivity index (χ1v) is 12.7. The van der Waals surface area contributed by atoms with Crippen molar-refractivity contribution in [2.45, 2.75) is 70.1 Å². The maximum Gasteiger partial charge on any atom is 0.330 e. The van der Waals surface area contributed by atoms with Crippen molar-refractivity contribution in [2.75, 3.05) is 20.0 Å². The molecule has 0 bridgehead atoms. The van der Waals surface area contributed by atoms with Crippen LogP contribution in [-0.2, 0) is 15.3 Å². The fraction of sp³-hybridized carbons (Fsp3) is 0.739. The Bertz CT molecular complexity index is 1050. The van der Waals surface area contributed by atoms with Crippen molar-refractivity contribution >= 4 is 15.5 Å². The molecule has 0 radical (unpaired) electrons. The summed E-state index contributed by atoms with van der Waals surface area (Å²) in [7, 11) is -1.13. The molecule has 31 heavy (non-hydrogen) atoms. The third-order valence-corrected chi connectivity index (χ3v) is 10.7. The van der Waals surface area contributed by atoms with Crippen LogP contribution in [0.25, 0.3) is 0 Å². The van der Waals surface area contributed by atoms with E-state index in [0.717, 1.165) is 32.1 Å². The number of methoxy groups -OCH3 is 2. The van der Waals surface area contributed by atoms with Gasteiger partial charge in [-0.15, -0.1) is 0 Å². The minimum Gasteiger partial charge on any atom is -0.496 e. The van der Waals surface area contributed by atoms with Crippen molar-refractivity contribution in [1.29, 1.82) is 0 Å². The van der Waals surface area contributed by atoms with E-state index in [9.17, 15) is 18.5 Å². The zero-order valence-electron chi connectivity index (χ0n) is 19.3. The van der Waals surface area contributed by atoms with Gasteiger partial charge in [-0.2, -0.15) is 0 Å².